The molecule has 4 rings (SSSR count). The Balaban J connectivity index is 0.00000308. The third-order valence-electron chi connectivity index (χ3n) is 4.97. The molecule has 42 heavy (non-hydrogen) atoms. The Morgan fingerprint density at radius 3 is 2.05 bits per heavy atom. The first kappa shape index (κ1) is 36.8. The van der Waals surface area contributed by atoms with E-state index in [0.29, 0.717) is 6.07 Å². The Labute approximate surface area is 305 Å². The molecule has 4 aromatic rings. The third-order valence-corrected chi connectivity index (χ3v) is 7.75. The van der Waals surface area contributed by atoms with Crippen LogP contribution in [-0.2, 0) is 30.4 Å². The van der Waals surface area contributed by atoms with Gasteiger partial charge in [-0.1, -0.05) is 12.1 Å². The van der Waals surface area contributed by atoms with E-state index in [2.05, 4.69) is 25.5 Å². The van der Waals surface area contributed by atoms with Crippen molar-refractivity contribution in [3.8, 4) is 5.75 Å². The summed E-state index contributed by atoms with van der Waals surface area (Å²) in [5.41, 5.74) is -2.85. The standard InChI is InChI=1S/C19H13ClN6O11S3.K.Na/c20-17-22-18(24-19(28)23-17)21-11-7-9(38(29,30)31)5-8-6-13(40(35,36)37)15(16(27)14(8)11)26-25-10-3-1-2-4-12(10)39(32,33)34;;/h1-7,27H,(H,29,30,31)(H,32,33,34)(H,35,36,37)(H2,21,22,23,24,28);;/q;2*+1. The van der Waals surface area contributed by atoms with Gasteiger partial charge < -0.3 is 10.4 Å². The molecule has 6 N–H and O–H groups in total. The van der Waals surface area contributed by atoms with Crippen LogP contribution in [0.5, 0.6) is 5.75 Å². The van der Waals surface area contributed by atoms with Gasteiger partial charge in [-0.05, 0) is 47.3 Å². The van der Waals surface area contributed by atoms with Crippen molar-refractivity contribution in [1.29, 1.82) is 0 Å². The summed E-state index contributed by atoms with van der Waals surface area (Å²) in [5.74, 6) is -1.58. The predicted molar refractivity (Wildman–Crippen MR) is 137 cm³/mol. The van der Waals surface area contributed by atoms with Crippen LogP contribution in [0, 0.1) is 0 Å². The molecule has 1 aromatic heterocycles. The smallest absolute Gasteiger partial charge is 0.505 e. The van der Waals surface area contributed by atoms with E-state index in [1.165, 1.54) is 12.1 Å². The van der Waals surface area contributed by atoms with Gasteiger partial charge in [0, 0.05) is 5.39 Å². The molecule has 17 nitrogen and oxygen atoms in total. The van der Waals surface area contributed by atoms with Crippen molar-refractivity contribution >= 4 is 75.7 Å². The molecule has 0 aliphatic carbocycles. The van der Waals surface area contributed by atoms with Gasteiger partial charge in [0.05, 0.1) is 10.6 Å². The van der Waals surface area contributed by atoms with Crippen molar-refractivity contribution in [1.82, 2.24) is 15.0 Å². The topological polar surface area (TPSA) is 279 Å². The van der Waals surface area contributed by atoms with Crippen molar-refractivity contribution < 1.29 is 125 Å². The number of aromatic hydroxyl groups is 1. The normalized spacial score (nSPS) is 12.1. The first-order valence-electron chi connectivity index (χ1n) is 10.1. The molecule has 0 amide bonds. The molecule has 0 unspecified atom stereocenters. The van der Waals surface area contributed by atoms with Gasteiger partial charge in [-0.15, -0.1) is 10.2 Å². The van der Waals surface area contributed by atoms with Crippen molar-refractivity contribution in [2.75, 3.05) is 5.32 Å². The number of halogens is 1. The summed E-state index contributed by atoms with van der Waals surface area (Å²) in [6.45, 7) is 0. The van der Waals surface area contributed by atoms with E-state index in [4.69, 9.17) is 11.6 Å². The van der Waals surface area contributed by atoms with E-state index < -0.39 is 95.5 Å². The van der Waals surface area contributed by atoms with Crippen molar-refractivity contribution in [3.05, 3.63) is 58.2 Å². The number of hydrogen-bond acceptors (Lipinski definition) is 13. The minimum Gasteiger partial charge on any atom is -0.505 e. The number of aromatic amines is 1. The van der Waals surface area contributed by atoms with E-state index >= 15 is 0 Å². The third kappa shape index (κ3) is 8.39. The maximum atomic E-state index is 12.2. The van der Waals surface area contributed by atoms with Crippen LogP contribution < -0.4 is 91.9 Å². The van der Waals surface area contributed by atoms with Gasteiger partial charge in [0.1, 0.15) is 21.2 Å². The molecule has 0 saturated carbocycles. The zero-order valence-corrected chi connectivity index (χ0v) is 29.4. The Morgan fingerprint density at radius 2 is 1.48 bits per heavy atom. The van der Waals surface area contributed by atoms with E-state index in [9.17, 15) is 48.8 Å². The number of aromatic nitrogens is 3. The average molecular weight is 695 g/mol. The maximum absolute atomic E-state index is 12.2. The van der Waals surface area contributed by atoms with Crippen LogP contribution in [0.25, 0.3) is 10.8 Å². The zero-order chi connectivity index (χ0) is 29.6. The summed E-state index contributed by atoms with van der Waals surface area (Å²) in [7, 11) is -15.0. The van der Waals surface area contributed by atoms with Crippen LogP contribution in [0.3, 0.4) is 0 Å². The van der Waals surface area contributed by atoms with Gasteiger partial charge >= 0.3 is 86.6 Å². The molecule has 0 bridgehead atoms. The summed E-state index contributed by atoms with van der Waals surface area (Å²) < 4.78 is 100. The Bertz CT molecular complexity index is 2130. The Morgan fingerprint density at radius 1 is 0.857 bits per heavy atom. The molecule has 0 radical (unpaired) electrons. The molecular formula is C19H13ClKN6NaO11S3+2. The summed E-state index contributed by atoms with van der Waals surface area (Å²) in [5, 5.41) is 19.4. The predicted octanol–water partition coefficient (Wildman–Crippen LogP) is -3.42. The second-order valence-corrected chi connectivity index (χ2v) is 12.2. The molecule has 0 atom stereocenters. The minimum absolute atomic E-state index is 0. The molecule has 0 aliphatic heterocycles. The number of azo groups is 1. The van der Waals surface area contributed by atoms with E-state index in [1.54, 1.807) is 0 Å². The molecule has 23 heteroatoms. The number of H-pyrrole nitrogens is 1. The fourth-order valence-electron chi connectivity index (χ4n) is 3.40. The average Bonchev–Trinajstić information content (AvgIpc) is 2.80. The zero-order valence-electron chi connectivity index (χ0n) is 21.1. The molecule has 0 saturated heterocycles. The summed E-state index contributed by atoms with van der Waals surface area (Å²) in [6.07, 6.45) is 0. The van der Waals surface area contributed by atoms with E-state index in [-0.39, 0.29) is 80.9 Å². The number of benzene rings is 3. The molecule has 3 aromatic carbocycles. The molecule has 210 valence electrons. The van der Waals surface area contributed by atoms with Crippen LogP contribution in [-0.4, -0.2) is 59.0 Å². The molecule has 0 aliphatic rings. The summed E-state index contributed by atoms with van der Waals surface area (Å²) in [6, 6.07) is 6.75. The maximum Gasteiger partial charge on any atom is 1.00 e. The number of anilines is 2. The minimum atomic E-state index is -5.22. The van der Waals surface area contributed by atoms with E-state index in [1.807, 2.05) is 4.98 Å². The first-order chi connectivity index (χ1) is 18.4. The number of hydrogen-bond donors (Lipinski definition) is 6. The van der Waals surface area contributed by atoms with Crippen LogP contribution in [0.15, 0.2) is 72.2 Å². The monoisotopic (exact) mass is 694 g/mol. The second-order valence-electron chi connectivity index (χ2n) is 7.63. The Kier molecular flexibility index (Phi) is 12.0. The number of nitrogens with one attached hydrogen (secondary N) is 2. The molecule has 0 fully saturated rings. The van der Waals surface area contributed by atoms with Gasteiger partial charge in [-0.2, -0.15) is 35.2 Å². The van der Waals surface area contributed by atoms with Crippen molar-refractivity contribution in [3.63, 3.8) is 0 Å². The van der Waals surface area contributed by atoms with E-state index in [0.717, 1.165) is 24.3 Å². The molecular weight excluding hydrogens is 682 g/mol. The Hall–Kier alpha value is -1.41. The number of fused-ring (bicyclic) bond motifs is 1. The SMILES string of the molecule is O=c1nc(Nc2cc(S(=O)(=O)O)cc3cc(S(=O)(=O)O)c(N=Nc4ccccc4S(=O)(=O)O)c(O)c23)nc(Cl)[nH]1.[K+].[Na+]. The molecule has 1 heterocycles. The van der Waals surface area contributed by atoms with Gasteiger partial charge in [0.25, 0.3) is 30.4 Å². The number of phenols is 1. The van der Waals surface area contributed by atoms with Crippen LogP contribution in [0.2, 0.25) is 5.28 Å². The van der Waals surface area contributed by atoms with Crippen molar-refractivity contribution in [2.24, 2.45) is 10.2 Å². The van der Waals surface area contributed by atoms with Crippen LogP contribution in [0.1, 0.15) is 0 Å². The van der Waals surface area contributed by atoms with Crippen molar-refractivity contribution in [2.45, 2.75) is 14.7 Å². The first-order valence-corrected chi connectivity index (χ1v) is 14.8. The fourth-order valence-corrected chi connectivity index (χ4v) is 5.38. The largest absolute Gasteiger partial charge is 1.00 e. The van der Waals surface area contributed by atoms with Gasteiger partial charge in [-0.3, -0.25) is 18.6 Å². The number of nitrogens with zero attached hydrogens (tertiary/aromatic N) is 4. The van der Waals surface area contributed by atoms with Crippen LogP contribution >= 0.6 is 11.6 Å². The fraction of sp³-hybridized carbons (Fsp3) is 0. The quantitative estimate of drug-likeness (QED) is 0.0625. The second kappa shape index (κ2) is 13.7. The van der Waals surface area contributed by atoms with Gasteiger partial charge in [-0.25, -0.2) is 4.79 Å². The number of rotatable bonds is 7. The summed E-state index contributed by atoms with van der Waals surface area (Å²) in [4.78, 5) is 18.2. The number of phenolic OH excluding ortho intramolecular Hbond substituents is 1. The van der Waals surface area contributed by atoms with Gasteiger partial charge in [0.2, 0.25) is 11.2 Å². The van der Waals surface area contributed by atoms with Crippen LogP contribution in [0.4, 0.5) is 23.0 Å². The summed E-state index contributed by atoms with van der Waals surface area (Å²) >= 11 is 5.70. The van der Waals surface area contributed by atoms with Gasteiger partial charge in [0.15, 0.2) is 5.75 Å². The molecule has 0 spiro atoms.